The molecule has 4 aromatic carbocycles. The first-order valence-corrected chi connectivity index (χ1v) is 16.3. The number of benzene rings is 4. The van der Waals surface area contributed by atoms with Crippen LogP contribution in [-0.2, 0) is 4.79 Å². The van der Waals surface area contributed by atoms with Crippen LogP contribution >= 0.6 is 0 Å². The van der Waals surface area contributed by atoms with Gasteiger partial charge in [0.2, 0.25) is 5.72 Å². The molecule has 0 aromatic heterocycles. The maximum atomic E-state index is 13.8. The van der Waals surface area contributed by atoms with Gasteiger partial charge in [-0.15, -0.1) is 0 Å². The summed E-state index contributed by atoms with van der Waals surface area (Å²) in [5, 5.41) is 6.32. The van der Waals surface area contributed by atoms with Crippen molar-refractivity contribution < 1.29 is 19.1 Å². The number of nitrogens with zero attached hydrogens (tertiary/aromatic N) is 2. The second kappa shape index (κ2) is 15.2. The highest BCUT2D eigenvalue weighted by atomic mass is 16.5. The number of unbranched alkanes of at least 4 members (excludes halogenated alkanes) is 1. The van der Waals surface area contributed by atoms with E-state index in [2.05, 4.69) is 22.5 Å². The molecule has 8 nitrogen and oxygen atoms in total. The molecule has 2 amide bonds. The highest BCUT2D eigenvalue weighted by Gasteiger charge is 2.40. The molecule has 244 valence electrons. The highest BCUT2D eigenvalue weighted by molar-refractivity contribution is 6.09. The molecule has 1 unspecified atom stereocenters. The van der Waals surface area contributed by atoms with Crippen LogP contribution in [0.4, 0.5) is 11.4 Å². The lowest BCUT2D eigenvalue weighted by Crippen LogP contribution is -2.60. The molecule has 0 aliphatic carbocycles. The van der Waals surface area contributed by atoms with E-state index in [4.69, 9.17) is 4.74 Å². The lowest BCUT2D eigenvalue weighted by atomic mass is 9.98. The van der Waals surface area contributed by atoms with Crippen molar-refractivity contribution in [2.45, 2.75) is 45.8 Å². The van der Waals surface area contributed by atoms with Crippen molar-refractivity contribution in [3.8, 4) is 16.9 Å². The van der Waals surface area contributed by atoms with E-state index in [1.807, 2.05) is 80.6 Å². The van der Waals surface area contributed by atoms with E-state index in [0.29, 0.717) is 47.8 Å². The molecule has 0 spiro atoms. The zero-order chi connectivity index (χ0) is 33.4. The lowest BCUT2D eigenvalue weighted by molar-refractivity contribution is -0.144. The summed E-state index contributed by atoms with van der Waals surface area (Å²) in [7, 11) is 1.71. The second-order valence-electron chi connectivity index (χ2n) is 12.2. The molecule has 1 atom stereocenters. The number of aryl methyl sites for hydroxylation is 2. The third-order valence-corrected chi connectivity index (χ3v) is 8.72. The first-order valence-electron chi connectivity index (χ1n) is 16.3. The number of piperazine rings is 1. The molecule has 8 heteroatoms. The van der Waals surface area contributed by atoms with Crippen molar-refractivity contribution in [1.82, 2.24) is 10.2 Å². The molecule has 1 aliphatic heterocycles. The molecule has 0 saturated carbocycles. The van der Waals surface area contributed by atoms with Gasteiger partial charge in [-0.3, -0.25) is 19.3 Å². The molecular formula is C39H44N4O4. The summed E-state index contributed by atoms with van der Waals surface area (Å²) in [5.74, 6) is 0.0116. The molecule has 1 aliphatic rings. The summed E-state index contributed by atoms with van der Waals surface area (Å²) in [6.45, 7) is 9.03. The Labute approximate surface area is 277 Å². The molecule has 2 N–H and O–H groups in total. The Hall–Kier alpha value is -4.79. The number of aldehydes is 1. The fraction of sp³-hybridized carbons (Fsp3) is 0.308. The van der Waals surface area contributed by atoms with Crippen LogP contribution in [0.1, 0.15) is 58.0 Å². The molecule has 47 heavy (non-hydrogen) atoms. The largest absolute Gasteiger partial charge is 0.463 e. The Kier molecular flexibility index (Phi) is 10.9. The van der Waals surface area contributed by atoms with Gasteiger partial charge in [-0.25, -0.2) is 0 Å². The van der Waals surface area contributed by atoms with E-state index in [1.54, 1.807) is 36.2 Å². The van der Waals surface area contributed by atoms with Crippen molar-refractivity contribution in [1.29, 1.82) is 0 Å². The zero-order valence-corrected chi connectivity index (χ0v) is 27.7. The number of rotatable bonds is 12. The maximum Gasteiger partial charge on any atom is 0.258 e. The molecular weight excluding hydrogens is 588 g/mol. The molecule has 4 aromatic rings. The molecule has 1 fully saturated rings. The van der Waals surface area contributed by atoms with Gasteiger partial charge in [0.1, 0.15) is 5.75 Å². The van der Waals surface area contributed by atoms with Gasteiger partial charge in [-0.1, -0.05) is 67.4 Å². The summed E-state index contributed by atoms with van der Waals surface area (Å²) in [4.78, 5) is 43.5. The normalized spacial score (nSPS) is 14.6. The van der Waals surface area contributed by atoms with Crippen LogP contribution in [0.25, 0.3) is 11.1 Å². The van der Waals surface area contributed by atoms with Gasteiger partial charge in [0.05, 0.1) is 5.69 Å². The van der Waals surface area contributed by atoms with Crippen LogP contribution in [0.2, 0.25) is 0 Å². The third-order valence-electron chi connectivity index (χ3n) is 8.72. The highest BCUT2D eigenvalue weighted by Crippen LogP contribution is 2.35. The SMILES string of the molecule is CCCCC(C=O)(Oc1cc(C)ccc1N(C)C(=O)c1ccc(NC(=O)c2ccccc2-c2ccc(C)cc2)cc1)N1CCNCC1. The average Bonchev–Trinajstić information content (AvgIpc) is 3.10. The predicted molar refractivity (Wildman–Crippen MR) is 188 cm³/mol. The standard InChI is InChI=1S/C39H44N4O4/c1-5-6-21-39(27-44,43-24-22-40-23-25-43)47-36-26-29(3)13-20-35(36)42(4)38(46)31-16-18-32(19-17-31)41-37(45)34-10-8-7-9-33(34)30-14-11-28(2)12-15-30/h7-20,26-27,40H,5-6,21-25H2,1-4H3,(H,41,45). The Bertz CT molecular complexity index is 1700. The molecule has 1 heterocycles. The average molecular weight is 633 g/mol. The zero-order valence-electron chi connectivity index (χ0n) is 27.7. The van der Waals surface area contributed by atoms with E-state index in [9.17, 15) is 14.4 Å². The molecule has 5 rings (SSSR count). The summed E-state index contributed by atoms with van der Waals surface area (Å²) < 4.78 is 6.65. The number of carbonyl (C=O) groups is 3. The van der Waals surface area contributed by atoms with E-state index in [0.717, 1.165) is 54.5 Å². The Morgan fingerprint density at radius 2 is 1.62 bits per heavy atom. The summed E-state index contributed by atoms with van der Waals surface area (Å²) in [6, 6.07) is 28.1. The summed E-state index contributed by atoms with van der Waals surface area (Å²) in [6.07, 6.45) is 3.24. The van der Waals surface area contributed by atoms with Crippen LogP contribution in [-0.4, -0.2) is 62.0 Å². The number of anilines is 2. The Morgan fingerprint density at radius 1 is 0.936 bits per heavy atom. The van der Waals surface area contributed by atoms with Crippen molar-refractivity contribution in [2.75, 3.05) is 43.4 Å². The van der Waals surface area contributed by atoms with Gasteiger partial charge in [-0.2, -0.15) is 0 Å². The third kappa shape index (κ3) is 7.79. The monoisotopic (exact) mass is 632 g/mol. The van der Waals surface area contributed by atoms with Gasteiger partial charge in [0.15, 0.2) is 6.29 Å². The van der Waals surface area contributed by atoms with Crippen LogP contribution in [0.15, 0.2) is 91.0 Å². The number of ether oxygens (including phenoxy) is 1. The number of amides is 2. The number of nitrogens with one attached hydrogen (secondary N) is 2. The summed E-state index contributed by atoms with van der Waals surface area (Å²) in [5.41, 5.74) is 4.97. The molecule has 0 bridgehead atoms. The van der Waals surface area contributed by atoms with E-state index in [1.165, 1.54) is 0 Å². The molecule has 1 saturated heterocycles. The van der Waals surface area contributed by atoms with Gasteiger partial charge in [0.25, 0.3) is 11.8 Å². The predicted octanol–water partition coefficient (Wildman–Crippen LogP) is 6.87. The Morgan fingerprint density at radius 3 is 2.30 bits per heavy atom. The molecule has 0 radical (unpaired) electrons. The minimum absolute atomic E-state index is 0.231. The minimum atomic E-state index is -1.12. The van der Waals surface area contributed by atoms with Crippen molar-refractivity contribution >= 4 is 29.5 Å². The van der Waals surface area contributed by atoms with E-state index < -0.39 is 5.72 Å². The summed E-state index contributed by atoms with van der Waals surface area (Å²) >= 11 is 0. The number of hydrogen-bond acceptors (Lipinski definition) is 6. The van der Waals surface area contributed by atoms with Crippen molar-refractivity contribution in [2.24, 2.45) is 0 Å². The topological polar surface area (TPSA) is 91.0 Å². The van der Waals surface area contributed by atoms with Gasteiger partial charge < -0.3 is 20.3 Å². The lowest BCUT2D eigenvalue weighted by Gasteiger charge is -2.42. The van der Waals surface area contributed by atoms with E-state index in [-0.39, 0.29) is 11.8 Å². The van der Waals surface area contributed by atoms with Gasteiger partial charge in [-0.05, 0) is 79.4 Å². The first-order chi connectivity index (χ1) is 22.7. The quantitative estimate of drug-likeness (QED) is 0.166. The Balaban J connectivity index is 1.34. The van der Waals surface area contributed by atoms with Gasteiger partial charge in [0, 0.05) is 56.5 Å². The fourth-order valence-corrected chi connectivity index (χ4v) is 5.94. The second-order valence-corrected chi connectivity index (χ2v) is 12.2. The van der Waals surface area contributed by atoms with Crippen molar-refractivity contribution in [3.63, 3.8) is 0 Å². The van der Waals surface area contributed by atoms with Crippen LogP contribution < -0.4 is 20.3 Å². The van der Waals surface area contributed by atoms with Crippen LogP contribution in [0.5, 0.6) is 5.75 Å². The van der Waals surface area contributed by atoms with Crippen LogP contribution in [0.3, 0.4) is 0 Å². The van der Waals surface area contributed by atoms with E-state index >= 15 is 0 Å². The minimum Gasteiger partial charge on any atom is -0.463 e. The van der Waals surface area contributed by atoms with Gasteiger partial charge >= 0.3 is 0 Å². The number of hydrogen-bond donors (Lipinski definition) is 2. The number of carbonyl (C=O) groups excluding carboxylic acids is 3. The smallest absolute Gasteiger partial charge is 0.258 e. The fourth-order valence-electron chi connectivity index (χ4n) is 5.94. The maximum absolute atomic E-state index is 13.8. The van der Waals surface area contributed by atoms with Crippen LogP contribution in [0, 0.1) is 13.8 Å². The first kappa shape index (κ1) is 33.6. The van der Waals surface area contributed by atoms with Crippen molar-refractivity contribution in [3.05, 3.63) is 113 Å².